The molecule has 0 bridgehead atoms. The van der Waals surface area contributed by atoms with Crippen LogP contribution < -0.4 is 0 Å². The lowest BCUT2D eigenvalue weighted by atomic mass is 10.1. The van der Waals surface area contributed by atoms with Crippen LogP contribution in [-0.4, -0.2) is 0 Å². The zero-order chi connectivity index (χ0) is 9.68. The summed E-state index contributed by atoms with van der Waals surface area (Å²) in [7, 11) is 0. The molecule has 0 aromatic heterocycles. The van der Waals surface area contributed by atoms with Crippen molar-refractivity contribution in [1.82, 2.24) is 0 Å². The lowest BCUT2D eigenvalue weighted by Crippen LogP contribution is -1.83. The van der Waals surface area contributed by atoms with Gasteiger partial charge in [0.2, 0.25) is 0 Å². The second-order valence-electron chi connectivity index (χ2n) is 2.90. The topological polar surface area (TPSA) is 0 Å². The Kier molecular flexibility index (Phi) is 3.62. The zero-order valence-corrected chi connectivity index (χ0v) is 7.56. The van der Waals surface area contributed by atoms with Crippen molar-refractivity contribution in [2.75, 3.05) is 0 Å². The van der Waals surface area contributed by atoms with Crippen LogP contribution in [0.3, 0.4) is 0 Å². The summed E-state index contributed by atoms with van der Waals surface area (Å²) >= 11 is 0. The third-order valence-corrected chi connectivity index (χ3v) is 1.86. The Bertz CT molecular complexity index is 285. The third kappa shape index (κ3) is 2.65. The fourth-order valence-corrected chi connectivity index (χ4v) is 1.18. The molecular weight excluding hydrogens is 170 g/mol. The van der Waals surface area contributed by atoms with Gasteiger partial charge >= 0.3 is 0 Å². The van der Waals surface area contributed by atoms with E-state index in [-0.39, 0.29) is 6.33 Å². The minimum atomic E-state index is -0.817. The van der Waals surface area contributed by atoms with Gasteiger partial charge in [-0.05, 0) is 12.0 Å². The van der Waals surface area contributed by atoms with E-state index in [1.807, 2.05) is 12.1 Å². The average molecular weight is 182 g/mol. The summed E-state index contributed by atoms with van der Waals surface area (Å²) in [4.78, 5) is 0. The molecule has 0 atom stereocenters. The maximum atomic E-state index is 12.7. The SMILES string of the molecule is CCCc1ccc(/C(F)=C/F)cc1. The standard InChI is InChI=1S/C11H12F2/c1-2-3-9-4-6-10(7-5-9)11(13)8-12/h4-8H,2-3H2,1H3/b11-8-. The maximum Gasteiger partial charge on any atom is 0.158 e. The van der Waals surface area contributed by atoms with Crippen molar-refractivity contribution in [3.05, 3.63) is 41.7 Å². The van der Waals surface area contributed by atoms with Crippen LogP contribution in [0.25, 0.3) is 5.83 Å². The number of hydrogen-bond acceptors (Lipinski definition) is 0. The fourth-order valence-electron chi connectivity index (χ4n) is 1.18. The molecule has 0 aliphatic carbocycles. The van der Waals surface area contributed by atoms with E-state index in [2.05, 4.69) is 6.92 Å². The van der Waals surface area contributed by atoms with Gasteiger partial charge in [0.15, 0.2) is 5.83 Å². The molecule has 0 amide bonds. The second kappa shape index (κ2) is 4.75. The molecule has 0 spiro atoms. The normalized spacial score (nSPS) is 11.8. The number of halogens is 2. The summed E-state index contributed by atoms with van der Waals surface area (Å²) < 4.78 is 24.5. The highest BCUT2D eigenvalue weighted by Gasteiger charge is 1.99. The predicted octanol–water partition coefficient (Wildman–Crippen LogP) is 3.88. The van der Waals surface area contributed by atoms with E-state index in [0.29, 0.717) is 5.56 Å². The Hall–Kier alpha value is -1.18. The molecule has 0 aliphatic rings. The summed E-state index contributed by atoms with van der Waals surface area (Å²) in [6.07, 6.45) is 2.01. The van der Waals surface area contributed by atoms with Crippen LogP contribution in [0.1, 0.15) is 24.5 Å². The van der Waals surface area contributed by atoms with E-state index in [1.165, 1.54) is 0 Å². The van der Waals surface area contributed by atoms with Crippen molar-refractivity contribution in [3.63, 3.8) is 0 Å². The van der Waals surface area contributed by atoms with Crippen molar-refractivity contribution in [1.29, 1.82) is 0 Å². The fraction of sp³-hybridized carbons (Fsp3) is 0.273. The highest BCUT2D eigenvalue weighted by Crippen LogP contribution is 2.16. The molecule has 13 heavy (non-hydrogen) atoms. The highest BCUT2D eigenvalue weighted by molar-refractivity contribution is 5.57. The Morgan fingerprint density at radius 3 is 2.38 bits per heavy atom. The number of rotatable bonds is 3. The van der Waals surface area contributed by atoms with Crippen LogP contribution >= 0.6 is 0 Å². The molecule has 0 radical (unpaired) electrons. The first-order chi connectivity index (χ1) is 6.27. The van der Waals surface area contributed by atoms with Crippen LogP contribution in [0.2, 0.25) is 0 Å². The smallest absolute Gasteiger partial charge is 0.158 e. The first-order valence-corrected chi connectivity index (χ1v) is 4.33. The molecule has 0 unspecified atom stereocenters. The molecule has 0 nitrogen and oxygen atoms in total. The van der Waals surface area contributed by atoms with Crippen LogP contribution in [0, 0.1) is 0 Å². The molecule has 0 heterocycles. The van der Waals surface area contributed by atoms with Gasteiger partial charge < -0.3 is 0 Å². The molecule has 1 aromatic rings. The Labute approximate surface area is 76.9 Å². The average Bonchev–Trinajstić information content (AvgIpc) is 2.18. The molecule has 0 fully saturated rings. The summed E-state index contributed by atoms with van der Waals surface area (Å²) in [5.74, 6) is -0.817. The van der Waals surface area contributed by atoms with Crippen LogP contribution in [-0.2, 0) is 6.42 Å². The largest absolute Gasteiger partial charge is 0.212 e. The summed E-state index contributed by atoms with van der Waals surface area (Å²) in [5.41, 5.74) is 1.44. The highest BCUT2D eigenvalue weighted by atomic mass is 19.2. The van der Waals surface area contributed by atoms with E-state index in [1.54, 1.807) is 12.1 Å². The quantitative estimate of drug-likeness (QED) is 0.665. The van der Waals surface area contributed by atoms with Crippen molar-refractivity contribution in [2.45, 2.75) is 19.8 Å². The van der Waals surface area contributed by atoms with Crippen LogP contribution in [0.4, 0.5) is 8.78 Å². The number of benzene rings is 1. The zero-order valence-electron chi connectivity index (χ0n) is 7.56. The van der Waals surface area contributed by atoms with E-state index in [4.69, 9.17) is 0 Å². The van der Waals surface area contributed by atoms with Gasteiger partial charge in [-0.15, -0.1) is 0 Å². The van der Waals surface area contributed by atoms with Gasteiger partial charge in [0.1, 0.15) is 6.33 Å². The van der Waals surface area contributed by atoms with Gasteiger partial charge in [-0.25, -0.2) is 8.78 Å². The minimum Gasteiger partial charge on any atom is -0.212 e. The molecule has 70 valence electrons. The lowest BCUT2D eigenvalue weighted by molar-refractivity contribution is 0.671. The van der Waals surface area contributed by atoms with Gasteiger partial charge in [-0.1, -0.05) is 37.6 Å². The first-order valence-electron chi connectivity index (χ1n) is 4.33. The van der Waals surface area contributed by atoms with Gasteiger partial charge in [0.05, 0.1) is 0 Å². The molecule has 0 aliphatic heterocycles. The molecule has 2 heteroatoms. The molecular formula is C11H12F2. The van der Waals surface area contributed by atoms with Crippen molar-refractivity contribution < 1.29 is 8.78 Å². The molecule has 0 N–H and O–H groups in total. The van der Waals surface area contributed by atoms with Crippen molar-refractivity contribution >= 4 is 5.83 Å². The van der Waals surface area contributed by atoms with Gasteiger partial charge in [0.25, 0.3) is 0 Å². The minimum absolute atomic E-state index is 0.0190. The molecule has 1 aromatic carbocycles. The lowest BCUT2D eigenvalue weighted by Gasteiger charge is -1.99. The predicted molar refractivity (Wildman–Crippen MR) is 50.6 cm³/mol. The Morgan fingerprint density at radius 1 is 1.31 bits per heavy atom. The van der Waals surface area contributed by atoms with Crippen molar-refractivity contribution in [3.8, 4) is 0 Å². The van der Waals surface area contributed by atoms with Crippen LogP contribution in [0.15, 0.2) is 30.6 Å². The van der Waals surface area contributed by atoms with E-state index in [9.17, 15) is 8.78 Å². The van der Waals surface area contributed by atoms with E-state index < -0.39 is 5.83 Å². The van der Waals surface area contributed by atoms with Gasteiger partial charge in [-0.3, -0.25) is 0 Å². The first kappa shape index (κ1) is 9.90. The summed E-state index contributed by atoms with van der Waals surface area (Å²) in [6.45, 7) is 2.08. The van der Waals surface area contributed by atoms with Crippen LogP contribution in [0.5, 0.6) is 0 Å². The Morgan fingerprint density at radius 2 is 1.92 bits per heavy atom. The maximum absolute atomic E-state index is 12.7. The van der Waals surface area contributed by atoms with Crippen molar-refractivity contribution in [2.24, 2.45) is 0 Å². The van der Waals surface area contributed by atoms with E-state index >= 15 is 0 Å². The van der Waals surface area contributed by atoms with E-state index in [0.717, 1.165) is 18.4 Å². The molecule has 0 saturated heterocycles. The summed E-state index contributed by atoms with van der Waals surface area (Å²) in [5, 5.41) is 0. The second-order valence-corrected chi connectivity index (χ2v) is 2.90. The van der Waals surface area contributed by atoms with Gasteiger partial charge in [-0.2, -0.15) is 0 Å². The Balaban J connectivity index is 2.81. The monoisotopic (exact) mass is 182 g/mol. The molecule has 1 rings (SSSR count). The number of hydrogen-bond donors (Lipinski definition) is 0. The molecule has 0 saturated carbocycles. The third-order valence-electron chi connectivity index (χ3n) is 1.86. The summed E-state index contributed by atoms with van der Waals surface area (Å²) in [6, 6.07) is 6.83. The van der Waals surface area contributed by atoms with Gasteiger partial charge in [0, 0.05) is 5.56 Å². The number of aryl methyl sites for hydroxylation is 1.